The minimum Gasteiger partial charge on any atom is -0.494 e. The summed E-state index contributed by atoms with van der Waals surface area (Å²) in [7, 11) is 0. The zero-order chi connectivity index (χ0) is 15.2. The first kappa shape index (κ1) is 16.3. The first-order valence-electron chi connectivity index (χ1n) is 8.33. The van der Waals surface area contributed by atoms with Crippen molar-refractivity contribution in [2.24, 2.45) is 0 Å². The van der Waals surface area contributed by atoms with Gasteiger partial charge in [0.15, 0.2) is 0 Å². The van der Waals surface area contributed by atoms with E-state index < -0.39 is 6.10 Å². The lowest BCUT2D eigenvalue weighted by molar-refractivity contribution is 0.198. The van der Waals surface area contributed by atoms with E-state index in [1.54, 1.807) is 0 Å². The normalized spacial score (nSPS) is 16.2. The highest BCUT2D eigenvalue weighted by Crippen LogP contribution is 2.31. The number of nitrogens with zero attached hydrogens (tertiary/aromatic N) is 1. The fraction of sp³-hybridized carbons (Fsp3) is 0.667. The molecule has 1 saturated carbocycles. The van der Waals surface area contributed by atoms with Crippen LogP contribution in [0.4, 0.5) is 0 Å². The SMILES string of the molecule is CCCCN(Cc1cc(C(C)O)ccc1OCC)C1CC1. The minimum atomic E-state index is -0.426. The first-order chi connectivity index (χ1) is 10.2. The van der Waals surface area contributed by atoms with Crippen molar-refractivity contribution in [1.29, 1.82) is 0 Å². The van der Waals surface area contributed by atoms with E-state index in [0.29, 0.717) is 6.61 Å². The Morgan fingerprint density at radius 2 is 2.10 bits per heavy atom. The van der Waals surface area contributed by atoms with Gasteiger partial charge in [-0.15, -0.1) is 0 Å². The molecular weight excluding hydrogens is 262 g/mol. The van der Waals surface area contributed by atoms with E-state index in [1.165, 1.54) is 31.2 Å². The van der Waals surface area contributed by atoms with E-state index in [2.05, 4.69) is 17.9 Å². The third-order valence-electron chi connectivity index (χ3n) is 4.10. The Hall–Kier alpha value is -1.06. The van der Waals surface area contributed by atoms with E-state index in [-0.39, 0.29) is 0 Å². The summed E-state index contributed by atoms with van der Waals surface area (Å²) in [5, 5.41) is 9.81. The van der Waals surface area contributed by atoms with Crippen molar-refractivity contribution in [2.75, 3.05) is 13.2 Å². The van der Waals surface area contributed by atoms with Crippen molar-refractivity contribution >= 4 is 0 Å². The average Bonchev–Trinajstić information content (AvgIpc) is 3.29. The smallest absolute Gasteiger partial charge is 0.123 e. The molecule has 2 rings (SSSR count). The number of ether oxygens (including phenoxy) is 1. The van der Waals surface area contributed by atoms with Gasteiger partial charge in [-0.25, -0.2) is 0 Å². The standard InChI is InChI=1S/C18H29NO2/c1-4-6-11-19(17-8-9-17)13-16-12-15(14(3)20)7-10-18(16)21-5-2/h7,10,12,14,17,20H,4-6,8-9,11,13H2,1-3H3. The monoisotopic (exact) mass is 291 g/mol. The summed E-state index contributed by atoms with van der Waals surface area (Å²) >= 11 is 0. The molecule has 0 bridgehead atoms. The Labute approximate surface area is 128 Å². The Morgan fingerprint density at radius 3 is 2.67 bits per heavy atom. The molecule has 1 aliphatic rings. The molecule has 0 saturated heterocycles. The summed E-state index contributed by atoms with van der Waals surface area (Å²) in [6.07, 6.45) is 4.70. The molecule has 1 atom stereocenters. The molecule has 3 nitrogen and oxygen atoms in total. The fourth-order valence-electron chi connectivity index (χ4n) is 2.69. The van der Waals surface area contributed by atoms with Gasteiger partial charge in [0.1, 0.15) is 5.75 Å². The molecule has 21 heavy (non-hydrogen) atoms. The van der Waals surface area contributed by atoms with Gasteiger partial charge in [-0.1, -0.05) is 19.4 Å². The van der Waals surface area contributed by atoms with Crippen molar-refractivity contribution in [3.8, 4) is 5.75 Å². The third-order valence-corrected chi connectivity index (χ3v) is 4.10. The molecule has 118 valence electrons. The Balaban J connectivity index is 2.15. The molecule has 1 N–H and O–H groups in total. The van der Waals surface area contributed by atoms with E-state index in [1.807, 2.05) is 26.0 Å². The second-order valence-electron chi connectivity index (χ2n) is 6.03. The molecule has 0 heterocycles. The molecular formula is C18H29NO2. The quantitative estimate of drug-likeness (QED) is 0.749. The highest BCUT2D eigenvalue weighted by molar-refractivity contribution is 5.38. The van der Waals surface area contributed by atoms with Gasteiger partial charge in [0, 0.05) is 18.2 Å². The van der Waals surface area contributed by atoms with Crippen molar-refractivity contribution in [3.63, 3.8) is 0 Å². The summed E-state index contributed by atoms with van der Waals surface area (Å²) in [6.45, 7) is 8.84. The maximum absolute atomic E-state index is 9.81. The molecule has 1 aromatic carbocycles. The minimum absolute atomic E-state index is 0.426. The van der Waals surface area contributed by atoms with Crippen LogP contribution < -0.4 is 4.74 Å². The van der Waals surface area contributed by atoms with Gasteiger partial charge in [-0.3, -0.25) is 4.90 Å². The number of aliphatic hydroxyl groups excluding tert-OH is 1. The third kappa shape index (κ3) is 4.72. The molecule has 1 unspecified atom stereocenters. The second-order valence-corrected chi connectivity index (χ2v) is 6.03. The van der Waals surface area contributed by atoms with E-state index in [9.17, 15) is 5.11 Å². The number of unbranched alkanes of at least 4 members (excludes halogenated alkanes) is 1. The number of aliphatic hydroxyl groups is 1. The van der Waals surface area contributed by atoms with Crippen LogP contribution in [0, 0.1) is 0 Å². The largest absolute Gasteiger partial charge is 0.494 e. The maximum atomic E-state index is 9.81. The van der Waals surface area contributed by atoms with Crippen molar-refractivity contribution in [2.45, 2.75) is 65.1 Å². The summed E-state index contributed by atoms with van der Waals surface area (Å²) in [6, 6.07) is 6.83. The van der Waals surface area contributed by atoms with Gasteiger partial charge in [0.05, 0.1) is 12.7 Å². The Kier molecular flexibility index (Phi) is 6.07. The zero-order valence-corrected chi connectivity index (χ0v) is 13.6. The van der Waals surface area contributed by atoms with Crippen LogP contribution >= 0.6 is 0 Å². The van der Waals surface area contributed by atoms with Crippen LogP contribution in [0.25, 0.3) is 0 Å². The summed E-state index contributed by atoms with van der Waals surface area (Å²) in [4.78, 5) is 2.58. The van der Waals surface area contributed by atoms with Gasteiger partial charge in [0.2, 0.25) is 0 Å². The van der Waals surface area contributed by atoms with Gasteiger partial charge in [0.25, 0.3) is 0 Å². The van der Waals surface area contributed by atoms with Crippen LogP contribution in [-0.4, -0.2) is 29.2 Å². The Morgan fingerprint density at radius 1 is 1.33 bits per heavy atom. The van der Waals surface area contributed by atoms with E-state index >= 15 is 0 Å². The van der Waals surface area contributed by atoms with Crippen LogP contribution in [0.1, 0.15) is 63.7 Å². The Bertz CT molecular complexity index is 441. The second kappa shape index (κ2) is 7.81. The molecule has 3 heteroatoms. The first-order valence-corrected chi connectivity index (χ1v) is 8.33. The van der Waals surface area contributed by atoms with E-state index in [0.717, 1.165) is 30.4 Å². The molecule has 0 aliphatic heterocycles. The topological polar surface area (TPSA) is 32.7 Å². The van der Waals surface area contributed by atoms with Crippen LogP contribution in [0.15, 0.2) is 18.2 Å². The molecule has 0 spiro atoms. The number of rotatable bonds is 9. The van der Waals surface area contributed by atoms with Gasteiger partial charge < -0.3 is 9.84 Å². The van der Waals surface area contributed by atoms with Crippen LogP contribution in [0.3, 0.4) is 0 Å². The number of benzene rings is 1. The predicted molar refractivity (Wildman–Crippen MR) is 86.6 cm³/mol. The van der Waals surface area contributed by atoms with Gasteiger partial charge in [-0.05, 0) is 57.4 Å². The van der Waals surface area contributed by atoms with Crippen molar-refractivity contribution < 1.29 is 9.84 Å². The van der Waals surface area contributed by atoms with Crippen molar-refractivity contribution in [3.05, 3.63) is 29.3 Å². The fourth-order valence-corrected chi connectivity index (χ4v) is 2.69. The van der Waals surface area contributed by atoms with Crippen LogP contribution in [-0.2, 0) is 6.54 Å². The maximum Gasteiger partial charge on any atom is 0.123 e. The molecule has 1 aliphatic carbocycles. The average molecular weight is 291 g/mol. The summed E-state index contributed by atoms with van der Waals surface area (Å²) in [5.74, 6) is 0.962. The van der Waals surface area contributed by atoms with Crippen LogP contribution in [0.2, 0.25) is 0 Å². The molecule has 0 amide bonds. The lowest BCUT2D eigenvalue weighted by atomic mass is 10.1. The molecule has 0 aromatic heterocycles. The number of hydrogen-bond donors (Lipinski definition) is 1. The zero-order valence-electron chi connectivity index (χ0n) is 13.6. The lowest BCUT2D eigenvalue weighted by Crippen LogP contribution is -2.27. The highest BCUT2D eigenvalue weighted by atomic mass is 16.5. The van der Waals surface area contributed by atoms with E-state index in [4.69, 9.17) is 4.74 Å². The molecule has 1 fully saturated rings. The van der Waals surface area contributed by atoms with Crippen LogP contribution in [0.5, 0.6) is 5.75 Å². The summed E-state index contributed by atoms with van der Waals surface area (Å²) < 4.78 is 5.77. The highest BCUT2D eigenvalue weighted by Gasteiger charge is 2.29. The number of hydrogen-bond acceptors (Lipinski definition) is 3. The van der Waals surface area contributed by atoms with Gasteiger partial charge >= 0.3 is 0 Å². The molecule has 0 radical (unpaired) electrons. The predicted octanol–water partition coefficient (Wildman–Crippen LogP) is 3.90. The lowest BCUT2D eigenvalue weighted by Gasteiger charge is -2.24. The summed E-state index contributed by atoms with van der Waals surface area (Å²) in [5.41, 5.74) is 2.18. The molecule has 1 aromatic rings. The van der Waals surface area contributed by atoms with Crippen molar-refractivity contribution in [1.82, 2.24) is 4.90 Å². The van der Waals surface area contributed by atoms with Gasteiger partial charge in [-0.2, -0.15) is 0 Å².